The van der Waals surface area contributed by atoms with E-state index < -0.39 is 6.29 Å². The maximum absolute atomic E-state index is 5.99. The van der Waals surface area contributed by atoms with Gasteiger partial charge in [-0.25, -0.2) is 4.99 Å². The standard InChI is InChI=1S/C12H14ClN3O/c1-8-10(11(13)16-12(14)15-8)17-7-9-5-3-2-4-6-9/h2-6,12,15H,7,14H2,1H3. The van der Waals surface area contributed by atoms with E-state index in [1.54, 1.807) is 0 Å². The van der Waals surface area contributed by atoms with Crippen LogP contribution in [0.5, 0.6) is 0 Å². The Balaban J connectivity index is 2.05. The van der Waals surface area contributed by atoms with Crippen LogP contribution in [0.4, 0.5) is 0 Å². The average Bonchev–Trinajstić information content (AvgIpc) is 2.29. The molecule has 0 saturated carbocycles. The lowest BCUT2D eigenvalue weighted by atomic mass is 10.2. The highest BCUT2D eigenvalue weighted by molar-refractivity contribution is 6.69. The van der Waals surface area contributed by atoms with E-state index in [0.717, 1.165) is 11.3 Å². The first-order chi connectivity index (χ1) is 8.16. The minimum absolute atomic E-state index is 0.310. The van der Waals surface area contributed by atoms with Crippen LogP contribution < -0.4 is 11.1 Å². The van der Waals surface area contributed by atoms with Crippen molar-refractivity contribution >= 4 is 16.8 Å². The Morgan fingerprint density at radius 3 is 2.76 bits per heavy atom. The molecular formula is C12H14ClN3O. The number of aliphatic imine (C=N–C) groups is 1. The third-order valence-corrected chi connectivity index (χ3v) is 2.64. The first-order valence-electron chi connectivity index (χ1n) is 5.30. The van der Waals surface area contributed by atoms with Crippen LogP contribution in [0.15, 0.2) is 46.8 Å². The first-order valence-corrected chi connectivity index (χ1v) is 5.68. The highest BCUT2D eigenvalue weighted by Crippen LogP contribution is 2.16. The lowest BCUT2D eigenvalue weighted by Gasteiger charge is -2.21. The van der Waals surface area contributed by atoms with Gasteiger partial charge in [-0.05, 0) is 12.5 Å². The molecule has 17 heavy (non-hydrogen) atoms. The van der Waals surface area contributed by atoms with Gasteiger partial charge in [0, 0.05) is 0 Å². The summed E-state index contributed by atoms with van der Waals surface area (Å²) >= 11 is 5.99. The summed E-state index contributed by atoms with van der Waals surface area (Å²) in [6.07, 6.45) is -0.494. The van der Waals surface area contributed by atoms with Gasteiger partial charge in [-0.1, -0.05) is 41.9 Å². The zero-order valence-electron chi connectivity index (χ0n) is 9.48. The van der Waals surface area contributed by atoms with Gasteiger partial charge in [0.1, 0.15) is 6.61 Å². The zero-order chi connectivity index (χ0) is 12.3. The third kappa shape index (κ3) is 2.99. The van der Waals surface area contributed by atoms with Crippen LogP contribution in [0.25, 0.3) is 0 Å². The molecular weight excluding hydrogens is 238 g/mol. The summed E-state index contributed by atoms with van der Waals surface area (Å²) < 4.78 is 5.64. The molecule has 0 fully saturated rings. The zero-order valence-corrected chi connectivity index (χ0v) is 10.2. The van der Waals surface area contributed by atoms with E-state index in [1.165, 1.54) is 0 Å². The Morgan fingerprint density at radius 2 is 2.12 bits per heavy atom. The molecule has 1 heterocycles. The van der Waals surface area contributed by atoms with Crippen molar-refractivity contribution in [1.29, 1.82) is 0 Å². The number of halogens is 1. The molecule has 1 atom stereocenters. The van der Waals surface area contributed by atoms with Crippen LogP contribution in [0.1, 0.15) is 12.5 Å². The van der Waals surface area contributed by atoms with Gasteiger partial charge in [-0.15, -0.1) is 0 Å². The summed E-state index contributed by atoms with van der Waals surface area (Å²) in [4.78, 5) is 3.99. The fraction of sp³-hybridized carbons (Fsp3) is 0.250. The van der Waals surface area contributed by atoms with Gasteiger partial charge < -0.3 is 10.1 Å². The smallest absolute Gasteiger partial charge is 0.175 e. The largest absolute Gasteiger partial charge is 0.484 e. The van der Waals surface area contributed by atoms with Crippen molar-refractivity contribution in [1.82, 2.24) is 5.32 Å². The van der Waals surface area contributed by atoms with Crippen LogP contribution in [0.3, 0.4) is 0 Å². The quantitative estimate of drug-likeness (QED) is 0.863. The van der Waals surface area contributed by atoms with Crippen LogP contribution in [0.2, 0.25) is 0 Å². The normalized spacial score (nSPS) is 19.7. The van der Waals surface area contributed by atoms with Crippen molar-refractivity contribution in [2.24, 2.45) is 10.7 Å². The molecule has 0 radical (unpaired) electrons. The third-order valence-electron chi connectivity index (χ3n) is 2.37. The van der Waals surface area contributed by atoms with E-state index >= 15 is 0 Å². The van der Waals surface area contributed by atoms with Crippen LogP contribution in [-0.4, -0.2) is 11.5 Å². The Morgan fingerprint density at radius 1 is 1.41 bits per heavy atom. The number of nitrogens with zero attached hydrogens (tertiary/aromatic N) is 1. The Hall–Kier alpha value is -1.52. The van der Waals surface area contributed by atoms with Crippen LogP contribution >= 0.6 is 11.6 Å². The van der Waals surface area contributed by atoms with Gasteiger partial charge in [0.15, 0.2) is 17.2 Å². The molecule has 5 heteroatoms. The second-order valence-electron chi connectivity index (χ2n) is 3.74. The highest BCUT2D eigenvalue weighted by atomic mass is 35.5. The summed E-state index contributed by atoms with van der Waals surface area (Å²) in [5.41, 5.74) is 7.49. The Bertz CT molecular complexity index is 456. The molecule has 0 spiro atoms. The molecule has 0 aliphatic carbocycles. The summed E-state index contributed by atoms with van der Waals surface area (Å²) in [5, 5.41) is 3.27. The summed E-state index contributed by atoms with van der Waals surface area (Å²) in [6.45, 7) is 2.31. The molecule has 0 saturated heterocycles. The average molecular weight is 252 g/mol. The molecule has 0 bridgehead atoms. The van der Waals surface area contributed by atoms with Gasteiger partial charge in [-0.3, -0.25) is 5.73 Å². The molecule has 3 N–H and O–H groups in total. The predicted octanol–water partition coefficient (Wildman–Crippen LogP) is 1.92. The van der Waals surface area contributed by atoms with E-state index in [1.807, 2.05) is 37.3 Å². The SMILES string of the molecule is CC1=C(OCc2ccccc2)C(Cl)=NC(N)N1. The van der Waals surface area contributed by atoms with Crippen molar-refractivity contribution in [2.75, 3.05) is 0 Å². The van der Waals surface area contributed by atoms with Gasteiger partial charge in [0.25, 0.3) is 0 Å². The van der Waals surface area contributed by atoms with Gasteiger partial charge in [0.2, 0.25) is 0 Å². The lowest BCUT2D eigenvalue weighted by molar-refractivity contribution is 0.210. The number of rotatable bonds is 3. The van der Waals surface area contributed by atoms with Crippen molar-refractivity contribution in [2.45, 2.75) is 19.8 Å². The van der Waals surface area contributed by atoms with Crippen LogP contribution in [-0.2, 0) is 11.3 Å². The van der Waals surface area contributed by atoms with Crippen molar-refractivity contribution in [3.05, 3.63) is 47.4 Å². The molecule has 2 rings (SSSR count). The fourth-order valence-corrected chi connectivity index (χ4v) is 1.85. The van der Waals surface area contributed by atoms with E-state index in [2.05, 4.69) is 10.3 Å². The van der Waals surface area contributed by atoms with E-state index in [-0.39, 0.29) is 0 Å². The van der Waals surface area contributed by atoms with Crippen LogP contribution in [0, 0.1) is 0 Å². The minimum Gasteiger partial charge on any atom is -0.484 e. The molecule has 0 amide bonds. The molecule has 1 unspecified atom stereocenters. The van der Waals surface area contributed by atoms with Gasteiger partial charge in [0.05, 0.1) is 5.70 Å². The topological polar surface area (TPSA) is 59.6 Å². The number of allylic oxidation sites excluding steroid dienone is 2. The fourth-order valence-electron chi connectivity index (χ4n) is 1.55. The summed E-state index contributed by atoms with van der Waals surface area (Å²) in [7, 11) is 0. The number of hydrogen-bond acceptors (Lipinski definition) is 4. The lowest BCUT2D eigenvalue weighted by Crippen LogP contribution is -2.39. The number of ether oxygens (including phenoxy) is 1. The van der Waals surface area contributed by atoms with E-state index in [0.29, 0.717) is 17.5 Å². The molecule has 0 aromatic heterocycles. The van der Waals surface area contributed by atoms with E-state index in [9.17, 15) is 0 Å². The number of hydrogen-bond donors (Lipinski definition) is 2. The maximum atomic E-state index is 5.99. The first kappa shape index (κ1) is 12.0. The molecule has 1 aliphatic rings. The van der Waals surface area contributed by atoms with Crippen molar-refractivity contribution in [3.8, 4) is 0 Å². The summed E-state index contributed by atoms with van der Waals surface area (Å²) in [6, 6.07) is 9.87. The van der Waals surface area contributed by atoms with Crippen molar-refractivity contribution in [3.63, 3.8) is 0 Å². The molecule has 1 aromatic rings. The Labute approximate surface area is 105 Å². The second-order valence-corrected chi connectivity index (χ2v) is 4.10. The number of benzene rings is 1. The highest BCUT2D eigenvalue weighted by Gasteiger charge is 2.18. The maximum Gasteiger partial charge on any atom is 0.175 e. The molecule has 90 valence electrons. The molecule has 4 nitrogen and oxygen atoms in total. The van der Waals surface area contributed by atoms with Gasteiger partial charge >= 0.3 is 0 Å². The number of nitrogens with one attached hydrogen (secondary N) is 1. The molecule has 1 aromatic carbocycles. The summed E-state index contributed by atoms with van der Waals surface area (Å²) in [5.74, 6) is 0.553. The number of nitrogens with two attached hydrogens (primary N) is 1. The predicted molar refractivity (Wildman–Crippen MR) is 68.3 cm³/mol. The van der Waals surface area contributed by atoms with E-state index in [4.69, 9.17) is 22.1 Å². The monoisotopic (exact) mass is 251 g/mol. The van der Waals surface area contributed by atoms with Crippen molar-refractivity contribution < 1.29 is 4.74 Å². The second kappa shape index (κ2) is 5.21. The Kier molecular flexibility index (Phi) is 3.66. The minimum atomic E-state index is -0.494. The molecule has 1 aliphatic heterocycles. The van der Waals surface area contributed by atoms with Gasteiger partial charge in [-0.2, -0.15) is 0 Å².